The number of nitrogens with one attached hydrogen (secondary N) is 1. The molecule has 0 atom stereocenters. The third-order valence-corrected chi connectivity index (χ3v) is 3.43. The Labute approximate surface area is 92.9 Å². The minimum absolute atomic E-state index is 0.290. The second-order valence-electron chi connectivity index (χ2n) is 5.73. The van der Waals surface area contributed by atoms with Crippen molar-refractivity contribution in [2.75, 3.05) is 13.1 Å². The fourth-order valence-corrected chi connectivity index (χ4v) is 2.76. The molecule has 1 fully saturated rings. The molecule has 2 heteroatoms. The minimum atomic E-state index is 0.290. The Balaban J connectivity index is 2.10. The highest BCUT2D eigenvalue weighted by atomic mass is 15.1. The van der Waals surface area contributed by atoms with Crippen LogP contribution in [0.5, 0.6) is 0 Å². The predicted molar refractivity (Wildman–Crippen MR) is 64.2 cm³/mol. The van der Waals surface area contributed by atoms with Crippen LogP contribution in [0.4, 0.5) is 0 Å². The second kappa shape index (κ2) is 3.99. The molecule has 0 amide bonds. The van der Waals surface area contributed by atoms with Crippen LogP contribution in [-0.2, 0) is 0 Å². The lowest BCUT2D eigenvalue weighted by molar-refractivity contribution is 0.241. The molecule has 0 spiro atoms. The predicted octanol–water partition coefficient (Wildman–Crippen LogP) is 3.20. The lowest BCUT2D eigenvalue weighted by Gasteiger charge is -2.38. The van der Waals surface area contributed by atoms with E-state index < -0.39 is 0 Å². The molecule has 0 radical (unpaired) electrons. The monoisotopic (exact) mass is 206 g/mol. The van der Waals surface area contributed by atoms with Gasteiger partial charge in [-0.15, -0.1) is 0 Å². The Morgan fingerprint density at radius 1 is 1.13 bits per heavy atom. The molecule has 2 aliphatic rings. The van der Waals surface area contributed by atoms with Crippen molar-refractivity contribution >= 4 is 5.71 Å². The van der Waals surface area contributed by atoms with E-state index >= 15 is 0 Å². The van der Waals surface area contributed by atoms with Gasteiger partial charge in [0.05, 0.1) is 0 Å². The molecule has 84 valence electrons. The van der Waals surface area contributed by atoms with E-state index in [9.17, 15) is 0 Å². The summed E-state index contributed by atoms with van der Waals surface area (Å²) < 4.78 is 0. The molecule has 0 aromatic carbocycles. The van der Waals surface area contributed by atoms with E-state index in [1.165, 1.54) is 38.0 Å². The maximum absolute atomic E-state index is 7.89. The summed E-state index contributed by atoms with van der Waals surface area (Å²) in [4.78, 5) is 2.50. The van der Waals surface area contributed by atoms with Gasteiger partial charge in [-0.2, -0.15) is 0 Å². The Hall–Kier alpha value is -0.790. The number of allylic oxidation sites excluding steroid dienone is 2. The topological polar surface area (TPSA) is 27.1 Å². The molecule has 1 N–H and O–H groups in total. The molecular weight excluding hydrogens is 184 g/mol. The number of nitrogens with zero attached hydrogens (tertiary/aromatic N) is 1. The molecule has 0 saturated carbocycles. The fraction of sp³-hybridized carbons (Fsp3) is 0.769. The zero-order valence-electron chi connectivity index (χ0n) is 9.97. The molecule has 1 aliphatic carbocycles. The van der Waals surface area contributed by atoms with Gasteiger partial charge in [-0.05, 0) is 43.6 Å². The lowest BCUT2D eigenvalue weighted by atomic mass is 9.78. The van der Waals surface area contributed by atoms with Gasteiger partial charge in [0.15, 0.2) is 0 Å². The van der Waals surface area contributed by atoms with Crippen molar-refractivity contribution in [3.8, 4) is 0 Å². The summed E-state index contributed by atoms with van der Waals surface area (Å²) in [5.41, 5.74) is 2.52. The summed E-state index contributed by atoms with van der Waals surface area (Å²) >= 11 is 0. The highest BCUT2D eigenvalue weighted by Gasteiger charge is 2.28. The Bertz CT molecular complexity index is 283. The maximum atomic E-state index is 7.89. The van der Waals surface area contributed by atoms with Gasteiger partial charge in [0.2, 0.25) is 0 Å². The van der Waals surface area contributed by atoms with Crippen LogP contribution >= 0.6 is 0 Å². The Kier molecular flexibility index (Phi) is 2.85. The summed E-state index contributed by atoms with van der Waals surface area (Å²) in [7, 11) is 0. The third-order valence-electron chi connectivity index (χ3n) is 3.43. The number of likely N-dealkylation sites (tertiary alicyclic amines) is 1. The van der Waals surface area contributed by atoms with Gasteiger partial charge in [0.25, 0.3) is 0 Å². The lowest BCUT2D eigenvalue weighted by Crippen LogP contribution is -2.34. The fourth-order valence-electron chi connectivity index (χ4n) is 2.76. The summed E-state index contributed by atoms with van der Waals surface area (Å²) in [6.45, 7) is 6.96. The van der Waals surface area contributed by atoms with Crippen molar-refractivity contribution in [2.45, 2.75) is 46.0 Å². The first-order valence-corrected chi connectivity index (χ1v) is 6.10. The van der Waals surface area contributed by atoms with Crippen LogP contribution in [0.2, 0.25) is 0 Å². The SMILES string of the molecule is CC1(C)CC(=N)C=C(N2CCCCC2)C1. The molecule has 0 unspecified atom stereocenters. The average molecular weight is 206 g/mol. The maximum Gasteiger partial charge on any atom is 0.0336 e. The third kappa shape index (κ3) is 2.61. The van der Waals surface area contributed by atoms with Crippen LogP contribution in [0.1, 0.15) is 46.0 Å². The molecule has 0 aromatic heterocycles. The van der Waals surface area contributed by atoms with Gasteiger partial charge in [-0.1, -0.05) is 13.8 Å². The van der Waals surface area contributed by atoms with Gasteiger partial charge in [0.1, 0.15) is 0 Å². The van der Waals surface area contributed by atoms with Crippen molar-refractivity contribution in [3.05, 3.63) is 11.8 Å². The highest BCUT2D eigenvalue weighted by molar-refractivity contribution is 5.94. The smallest absolute Gasteiger partial charge is 0.0336 e. The Morgan fingerprint density at radius 2 is 1.80 bits per heavy atom. The summed E-state index contributed by atoms with van der Waals surface area (Å²) in [5, 5.41) is 7.89. The van der Waals surface area contributed by atoms with E-state index in [1.54, 1.807) is 0 Å². The molecule has 0 bridgehead atoms. The first-order valence-electron chi connectivity index (χ1n) is 6.10. The van der Waals surface area contributed by atoms with Crippen molar-refractivity contribution in [1.82, 2.24) is 4.90 Å². The highest BCUT2D eigenvalue weighted by Crippen LogP contribution is 2.35. The van der Waals surface area contributed by atoms with Crippen molar-refractivity contribution < 1.29 is 0 Å². The largest absolute Gasteiger partial charge is 0.375 e. The Morgan fingerprint density at radius 3 is 2.40 bits per heavy atom. The quantitative estimate of drug-likeness (QED) is 0.701. The van der Waals surface area contributed by atoms with Crippen LogP contribution in [0.15, 0.2) is 11.8 Å². The van der Waals surface area contributed by atoms with Crippen LogP contribution < -0.4 is 0 Å². The van der Waals surface area contributed by atoms with Crippen LogP contribution in [0.3, 0.4) is 0 Å². The van der Waals surface area contributed by atoms with Crippen LogP contribution in [-0.4, -0.2) is 23.7 Å². The van der Waals surface area contributed by atoms with E-state index in [-0.39, 0.29) is 0 Å². The van der Waals surface area contributed by atoms with E-state index in [4.69, 9.17) is 5.41 Å². The zero-order valence-corrected chi connectivity index (χ0v) is 9.97. The zero-order chi connectivity index (χ0) is 10.9. The van der Waals surface area contributed by atoms with E-state index in [0.29, 0.717) is 5.41 Å². The first-order chi connectivity index (χ1) is 7.07. The van der Waals surface area contributed by atoms with Crippen molar-refractivity contribution in [2.24, 2.45) is 5.41 Å². The number of hydrogen-bond donors (Lipinski definition) is 1. The number of rotatable bonds is 1. The van der Waals surface area contributed by atoms with E-state index in [0.717, 1.165) is 18.6 Å². The molecule has 2 nitrogen and oxygen atoms in total. The molecule has 2 rings (SSSR count). The minimum Gasteiger partial charge on any atom is -0.375 e. The summed E-state index contributed by atoms with van der Waals surface area (Å²) in [6, 6.07) is 0. The molecule has 1 heterocycles. The van der Waals surface area contributed by atoms with Crippen molar-refractivity contribution in [3.63, 3.8) is 0 Å². The van der Waals surface area contributed by atoms with Gasteiger partial charge in [-0.3, -0.25) is 0 Å². The standard InChI is InChI=1S/C13H22N2/c1-13(2)9-11(14)8-12(10-13)15-6-4-3-5-7-15/h8,14H,3-7,9-10H2,1-2H3. The normalized spacial score (nSPS) is 26.4. The van der Waals surface area contributed by atoms with Gasteiger partial charge in [-0.25, -0.2) is 0 Å². The van der Waals surface area contributed by atoms with Gasteiger partial charge in [0, 0.05) is 24.5 Å². The number of piperidine rings is 1. The van der Waals surface area contributed by atoms with Crippen LogP contribution in [0, 0.1) is 10.8 Å². The van der Waals surface area contributed by atoms with Gasteiger partial charge >= 0.3 is 0 Å². The molecule has 15 heavy (non-hydrogen) atoms. The number of hydrogen-bond acceptors (Lipinski definition) is 2. The first kappa shape index (κ1) is 10.7. The molecular formula is C13H22N2. The van der Waals surface area contributed by atoms with Gasteiger partial charge < -0.3 is 10.3 Å². The van der Waals surface area contributed by atoms with Crippen LogP contribution in [0.25, 0.3) is 0 Å². The molecule has 0 aromatic rings. The molecule has 1 aliphatic heterocycles. The average Bonchev–Trinajstić information content (AvgIpc) is 2.16. The van der Waals surface area contributed by atoms with E-state index in [2.05, 4.69) is 24.8 Å². The molecule has 1 saturated heterocycles. The van der Waals surface area contributed by atoms with E-state index in [1.807, 2.05) is 0 Å². The second-order valence-corrected chi connectivity index (χ2v) is 5.73. The summed E-state index contributed by atoms with van der Waals surface area (Å²) in [6.07, 6.45) is 8.22. The van der Waals surface area contributed by atoms with Crippen molar-refractivity contribution in [1.29, 1.82) is 5.41 Å². The summed E-state index contributed by atoms with van der Waals surface area (Å²) in [5.74, 6) is 0.